The molecule has 1 aromatic carbocycles. The Morgan fingerprint density at radius 3 is 2.89 bits per heavy atom. The van der Waals surface area contributed by atoms with Crippen molar-refractivity contribution in [3.05, 3.63) is 59.9 Å². The Bertz CT molecular complexity index is 973. The number of carbonyl (C=O) groups is 1. The fourth-order valence-electron chi connectivity index (χ4n) is 3.26. The lowest BCUT2D eigenvalue weighted by Gasteiger charge is -2.32. The van der Waals surface area contributed by atoms with Gasteiger partial charge in [0.05, 0.1) is 12.2 Å². The number of carbonyl (C=O) groups excluding carboxylic acids is 1. The third-order valence-corrected chi connectivity index (χ3v) is 4.65. The van der Waals surface area contributed by atoms with Crippen LogP contribution < -0.4 is 4.74 Å². The van der Waals surface area contributed by atoms with Crippen LogP contribution in [0.25, 0.3) is 11.3 Å². The fraction of sp³-hybridized carbons (Fsp3) is 0.300. The third kappa shape index (κ3) is 4.00. The molecular weight excluding hydrogens is 361 g/mol. The van der Waals surface area contributed by atoms with Crippen molar-refractivity contribution in [2.75, 3.05) is 13.1 Å². The molecule has 1 fully saturated rings. The van der Waals surface area contributed by atoms with E-state index in [9.17, 15) is 9.18 Å². The number of hydrogen-bond acceptors (Lipinski definition) is 5. The van der Waals surface area contributed by atoms with Crippen LogP contribution in [0.15, 0.2) is 42.6 Å². The van der Waals surface area contributed by atoms with Gasteiger partial charge >= 0.3 is 0 Å². The molecule has 28 heavy (non-hydrogen) atoms. The van der Waals surface area contributed by atoms with E-state index in [-0.39, 0.29) is 17.8 Å². The Morgan fingerprint density at radius 2 is 2.11 bits per heavy atom. The highest BCUT2D eigenvalue weighted by Crippen LogP contribution is 2.21. The quantitative estimate of drug-likeness (QED) is 0.751. The number of nitrogens with one attached hydrogen (secondary N) is 1. The van der Waals surface area contributed by atoms with E-state index in [0.717, 1.165) is 18.4 Å². The first-order valence-electron chi connectivity index (χ1n) is 9.15. The SMILES string of the molecule is Cc1nccc(OC2CCCN(C(=O)c3cc(-c4ccc(F)cc4)n[nH]3)C2)n1. The maximum absolute atomic E-state index is 13.1. The van der Waals surface area contributed by atoms with Gasteiger partial charge in [0.25, 0.3) is 5.91 Å². The number of hydrogen-bond donors (Lipinski definition) is 1. The van der Waals surface area contributed by atoms with Crippen LogP contribution in [0.4, 0.5) is 4.39 Å². The number of H-pyrrole nitrogens is 1. The Hall–Kier alpha value is -3.29. The van der Waals surface area contributed by atoms with Crippen LogP contribution >= 0.6 is 0 Å². The van der Waals surface area contributed by atoms with Gasteiger partial charge in [0.2, 0.25) is 5.88 Å². The topological polar surface area (TPSA) is 84.0 Å². The molecule has 1 aliphatic rings. The normalized spacial score (nSPS) is 16.8. The average molecular weight is 381 g/mol. The number of aryl methyl sites for hydroxylation is 1. The van der Waals surface area contributed by atoms with E-state index in [4.69, 9.17) is 4.74 Å². The zero-order valence-corrected chi connectivity index (χ0v) is 15.4. The number of benzene rings is 1. The first-order valence-corrected chi connectivity index (χ1v) is 9.15. The van der Waals surface area contributed by atoms with Gasteiger partial charge < -0.3 is 9.64 Å². The summed E-state index contributed by atoms with van der Waals surface area (Å²) in [5, 5.41) is 6.98. The molecule has 0 aliphatic carbocycles. The number of nitrogens with zero attached hydrogens (tertiary/aromatic N) is 4. The predicted molar refractivity (Wildman–Crippen MR) is 100 cm³/mol. The Balaban J connectivity index is 1.43. The third-order valence-electron chi connectivity index (χ3n) is 4.65. The van der Waals surface area contributed by atoms with Crippen LogP contribution in [0.1, 0.15) is 29.2 Å². The number of likely N-dealkylation sites (tertiary alicyclic amines) is 1. The van der Waals surface area contributed by atoms with E-state index in [1.54, 1.807) is 42.3 Å². The van der Waals surface area contributed by atoms with Crippen molar-refractivity contribution >= 4 is 5.91 Å². The van der Waals surface area contributed by atoms with Crippen molar-refractivity contribution in [1.82, 2.24) is 25.1 Å². The van der Waals surface area contributed by atoms with Crippen molar-refractivity contribution in [2.45, 2.75) is 25.9 Å². The van der Waals surface area contributed by atoms with Crippen LogP contribution in [0, 0.1) is 12.7 Å². The Morgan fingerprint density at radius 1 is 1.29 bits per heavy atom. The second-order valence-corrected chi connectivity index (χ2v) is 6.75. The monoisotopic (exact) mass is 381 g/mol. The van der Waals surface area contributed by atoms with E-state index in [0.29, 0.717) is 36.2 Å². The molecule has 1 atom stereocenters. The molecule has 4 rings (SSSR count). The Labute approximate surface area is 161 Å². The number of piperidine rings is 1. The largest absolute Gasteiger partial charge is 0.472 e. The molecule has 8 heteroatoms. The standard InChI is InChI=1S/C20H20FN5O2/c1-13-22-9-8-19(23-13)28-16-3-2-10-26(12-16)20(27)18-11-17(24-25-18)14-4-6-15(21)7-5-14/h4-9,11,16H,2-3,10,12H2,1H3,(H,24,25). The number of ether oxygens (including phenoxy) is 1. The minimum absolute atomic E-state index is 0.119. The van der Waals surface area contributed by atoms with Crippen molar-refractivity contribution in [3.8, 4) is 17.1 Å². The molecule has 3 aromatic rings. The minimum Gasteiger partial charge on any atom is -0.472 e. The van der Waals surface area contributed by atoms with E-state index in [1.165, 1.54) is 12.1 Å². The van der Waals surface area contributed by atoms with Gasteiger partial charge in [-0.1, -0.05) is 0 Å². The molecule has 1 aliphatic heterocycles. The summed E-state index contributed by atoms with van der Waals surface area (Å²) in [7, 11) is 0. The lowest BCUT2D eigenvalue weighted by molar-refractivity contribution is 0.0522. The molecule has 1 saturated heterocycles. The van der Waals surface area contributed by atoms with Gasteiger partial charge in [-0.2, -0.15) is 10.1 Å². The van der Waals surface area contributed by atoms with Crippen molar-refractivity contribution in [3.63, 3.8) is 0 Å². The molecule has 0 bridgehead atoms. The summed E-state index contributed by atoms with van der Waals surface area (Å²) in [6.07, 6.45) is 3.24. The molecule has 3 heterocycles. The second kappa shape index (κ2) is 7.75. The highest BCUT2D eigenvalue weighted by Gasteiger charge is 2.27. The van der Waals surface area contributed by atoms with Gasteiger partial charge in [0, 0.05) is 24.4 Å². The van der Waals surface area contributed by atoms with Crippen molar-refractivity contribution in [2.24, 2.45) is 0 Å². The molecule has 1 N–H and O–H groups in total. The van der Waals surface area contributed by atoms with Gasteiger partial charge in [0.1, 0.15) is 23.4 Å². The average Bonchev–Trinajstić information content (AvgIpc) is 3.18. The van der Waals surface area contributed by atoms with Crippen LogP contribution in [0.3, 0.4) is 0 Å². The maximum atomic E-state index is 13.1. The van der Waals surface area contributed by atoms with Gasteiger partial charge in [-0.15, -0.1) is 0 Å². The zero-order chi connectivity index (χ0) is 19.5. The molecule has 7 nitrogen and oxygen atoms in total. The smallest absolute Gasteiger partial charge is 0.272 e. The number of rotatable bonds is 4. The Kier molecular flexibility index (Phi) is 5.01. The zero-order valence-electron chi connectivity index (χ0n) is 15.4. The lowest BCUT2D eigenvalue weighted by atomic mass is 10.1. The molecule has 0 saturated carbocycles. The molecular formula is C20H20FN5O2. The van der Waals surface area contributed by atoms with Gasteiger partial charge in [-0.05, 0) is 50.1 Å². The summed E-state index contributed by atoms with van der Waals surface area (Å²) in [5.41, 5.74) is 1.75. The number of aromatic amines is 1. The van der Waals surface area contributed by atoms with Gasteiger partial charge in [-0.3, -0.25) is 9.89 Å². The molecule has 144 valence electrons. The summed E-state index contributed by atoms with van der Waals surface area (Å²) in [5.74, 6) is 0.723. The first kappa shape index (κ1) is 18.1. The molecule has 2 aromatic heterocycles. The van der Waals surface area contributed by atoms with Gasteiger partial charge in [0.15, 0.2) is 0 Å². The van der Waals surface area contributed by atoms with E-state index >= 15 is 0 Å². The fourth-order valence-corrected chi connectivity index (χ4v) is 3.26. The summed E-state index contributed by atoms with van der Waals surface area (Å²) in [6, 6.07) is 9.41. The summed E-state index contributed by atoms with van der Waals surface area (Å²) < 4.78 is 19.0. The molecule has 0 radical (unpaired) electrons. The number of aromatic nitrogens is 4. The summed E-state index contributed by atoms with van der Waals surface area (Å²) in [4.78, 5) is 22.9. The van der Waals surface area contributed by atoms with Crippen molar-refractivity contribution < 1.29 is 13.9 Å². The molecule has 0 spiro atoms. The van der Waals surface area contributed by atoms with Crippen LogP contribution in [-0.2, 0) is 0 Å². The highest BCUT2D eigenvalue weighted by molar-refractivity contribution is 5.93. The summed E-state index contributed by atoms with van der Waals surface area (Å²) in [6.45, 7) is 2.94. The van der Waals surface area contributed by atoms with E-state index < -0.39 is 0 Å². The van der Waals surface area contributed by atoms with E-state index in [2.05, 4.69) is 20.2 Å². The van der Waals surface area contributed by atoms with Crippen molar-refractivity contribution in [1.29, 1.82) is 0 Å². The second-order valence-electron chi connectivity index (χ2n) is 6.75. The lowest BCUT2D eigenvalue weighted by Crippen LogP contribution is -2.44. The molecule has 1 unspecified atom stereocenters. The first-order chi connectivity index (χ1) is 13.6. The summed E-state index contributed by atoms with van der Waals surface area (Å²) >= 11 is 0. The van der Waals surface area contributed by atoms with Crippen LogP contribution in [0.5, 0.6) is 5.88 Å². The maximum Gasteiger partial charge on any atom is 0.272 e. The molecule has 1 amide bonds. The highest BCUT2D eigenvalue weighted by atomic mass is 19.1. The van der Waals surface area contributed by atoms with Crippen LogP contribution in [0.2, 0.25) is 0 Å². The van der Waals surface area contributed by atoms with Gasteiger partial charge in [-0.25, -0.2) is 9.37 Å². The van der Waals surface area contributed by atoms with Crippen LogP contribution in [-0.4, -0.2) is 50.2 Å². The minimum atomic E-state index is -0.311. The van der Waals surface area contributed by atoms with E-state index in [1.807, 2.05) is 0 Å². The number of amides is 1. The predicted octanol–water partition coefficient (Wildman–Crippen LogP) is 3.00. The number of halogens is 1.